The van der Waals surface area contributed by atoms with E-state index in [1.807, 2.05) is 27.7 Å². The van der Waals surface area contributed by atoms with Crippen LogP contribution in [0.1, 0.15) is 38.8 Å². The quantitative estimate of drug-likeness (QED) is 0.865. The van der Waals surface area contributed by atoms with Gasteiger partial charge < -0.3 is 5.32 Å². The molecule has 0 saturated heterocycles. The van der Waals surface area contributed by atoms with Gasteiger partial charge in [-0.15, -0.1) is 0 Å². The Morgan fingerprint density at radius 1 is 1.10 bits per heavy atom. The first-order valence-corrected chi connectivity index (χ1v) is 7.07. The maximum absolute atomic E-state index is 12.5. The van der Waals surface area contributed by atoms with Gasteiger partial charge in [-0.3, -0.25) is 4.79 Å². The molecule has 0 aromatic heterocycles. The van der Waals surface area contributed by atoms with Gasteiger partial charge in [0.25, 0.3) is 0 Å². The third-order valence-corrected chi connectivity index (χ3v) is 3.17. The summed E-state index contributed by atoms with van der Waals surface area (Å²) in [6.45, 7) is 7.52. The lowest BCUT2D eigenvalue weighted by atomic mass is 9.94. The number of halogens is 3. The number of nitrogens with one attached hydrogen (secondary N) is 1. The largest absolute Gasteiger partial charge is 0.416 e. The molecule has 1 atom stereocenters. The fraction of sp³-hybridized carbons (Fsp3) is 0.562. The van der Waals surface area contributed by atoms with Crippen LogP contribution in [0.5, 0.6) is 0 Å². The van der Waals surface area contributed by atoms with Crippen LogP contribution in [-0.2, 0) is 17.4 Å². The van der Waals surface area contributed by atoms with E-state index in [0.29, 0.717) is 6.42 Å². The summed E-state index contributed by atoms with van der Waals surface area (Å²) >= 11 is 0. The second kappa shape index (κ2) is 7.07. The van der Waals surface area contributed by atoms with Crippen LogP contribution in [0.15, 0.2) is 24.3 Å². The van der Waals surface area contributed by atoms with Crippen LogP contribution in [0, 0.1) is 5.92 Å². The first kappa shape index (κ1) is 17.7. The maximum atomic E-state index is 12.5. The molecule has 0 saturated carbocycles. The normalized spacial score (nSPS) is 13.8. The number of carbonyl (C=O) groups is 1. The molecule has 0 amide bonds. The molecule has 0 aliphatic carbocycles. The molecule has 118 valence electrons. The summed E-state index contributed by atoms with van der Waals surface area (Å²) in [6, 6.07) is 4.74. The van der Waals surface area contributed by atoms with Crippen molar-refractivity contribution < 1.29 is 18.0 Å². The molecule has 0 spiro atoms. The molecular formula is C16H22F3NO. The molecule has 1 N–H and O–H groups in total. The Morgan fingerprint density at radius 3 is 2.00 bits per heavy atom. The molecule has 1 rings (SSSR count). The molecule has 0 unspecified atom stereocenters. The van der Waals surface area contributed by atoms with Crippen molar-refractivity contribution in [2.45, 2.75) is 52.4 Å². The van der Waals surface area contributed by atoms with E-state index < -0.39 is 11.7 Å². The number of benzene rings is 1. The van der Waals surface area contributed by atoms with Crippen molar-refractivity contribution in [1.82, 2.24) is 5.32 Å². The summed E-state index contributed by atoms with van der Waals surface area (Å²) in [4.78, 5) is 12.2. The highest BCUT2D eigenvalue weighted by Gasteiger charge is 2.30. The monoisotopic (exact) mass is 301 g/mol. The summed E-state index contributed by atoms with van der Waals surface area (Å²) in [5, 5.41) is 3.18. The number of hydrogen-bond acceptors (Lipinski definition) is 2. The van der Waals surface area contributed by atoms with E-state index in [9.17, 15) is 18.0 Å². The van der Waals surface area contributed by atoms with Gasteiger partial charge in [-0.25, -0.2) is 0 Å². The first-order chi connectivity index (χ1) is 9.61. The zero-order valence-electron chi connectivity index (χ0n) is 12.8. The Balaban J connectivity index is 2.86. The highest BCUT2D eigenvalue weighted by atomic mass is 19.4. The van der Waals surface area contributed by atoms with Crippen molar-refractivity contribution in [3.63, 3.8) is 0 Å². The third kappa shape index (κ3) is 5.50. The second-order valence-electron chi connectivity index (χ2n) is 5.83. The molecule has 21 heavy (non-hydrogen) atoms. The fourth-order valence-corrected chi connectivity index (χ4v) is 2.11. The van der Waals surface area contributed by atoms with Crippen molar-refractivity contribution in [2.75, 3.05) is 0 Å². The Hall–Kier alpha value is -1.36. The Morgan fingerprint density at radius 2 is 1.62 bits per heavy atom. The number of alkyl halides is 3. The lowest BCUT2D eigenvalue weighted by Crippen LogP contribution is -2.44. The predicted molar refractivity (Wildman–Crippen MR) is 77.1 cm³/mol. The average Bonchev–Trinajstić information content (AvgIpc) is 2.36. The van der Waals surface area contributed by atoms with Gasteiger partial charge in [0, 0.05) is 12.0 Å². The molecule has 0 aliphatic rings. The predicted octanol–water partition coefficient (Wildman–Crippen LogP) is 3.84. The molecule has 5 heteroatoms. The summed E-state index contributed by atoms with van der Waals surface area (Å²) < 4.78 is 37.6. The van der Waals surface area contributed by atoms with Gasteiger partial charge in [0.2, 0.25) is 0 Å². The molecule has 0 heterocycles. The highest BCUT2D eigenvalue weighted by molar-refractivity contribution is 5.86. The van der Waals surface area contributed by atoms with Crippen molar-refractivity contribution in [2.24, 2.45) is 5.92 Å². The smallest absolute Gasteiger partial charge is 0.305 e. The third-order valence-electron chi connectivity index (χ3n) is 3.17. The lowest BCUT2D eigenvalue weighted by molar-refractivity contribution is -0.137. The van der Waals surface area contributed by atoms with Gasteiger partial charge in [0.15, 0.2) is 5.78 Å². The minimum Gasteiger partial charge on any atom is -0.305 e. The minimum absolute atomic E-state index is 0.0728. The zero-order valence-corrected chi connectivity index (χ0v) is 12.8. The summed E-state index contributed by atoms with van der Waals surface area (Å²) in [5.41, 5.74) is 0.0463. The van der Waals surface area contributed by atoms with Crippen LogP contribution in [0.4, 0.5) is 13.2 Å². The van der Waals surface area contributed by atoms with Gasteiger partial charge in [-0.1, -0.05) is 39.8 Å². The van der Waals surface area contributed by atoms with E-state index in [1.54, 1.807) is 0 Å². The van der Waals surface area contributed by atoms with Crippen molar-refractivity contribution in [3.8, 4) is 0 Å². The minimum atomic E-state index is -4.33. The molecule has 0 aliphatic heterocycles. The second-order valence-corrected chi connectivity index (χ2v) is 5.83. The van der Waals surface area contributed by atoms with Crippen LogP contribution in [0.2, 0.25) is 0 Å². The highest BCUT2D eigenvalue weighted by Crippen LogP contribution is 2.29. The van der Waals surface area contributed by atoms with Crippen molar-refractivity contribution in [1.29, 1.82) is 0 Å². The Bertz CT molecular complexity index is 463. The van der Waals surface area contributed by atoms with E-state index >= 15 is 0 Å². The number of Topliss-reactive ketones (excluding diaryl/α,β-unsaturated/α-hetero) is 1. The molecular weight excluding hydrogens is 279 g/mol. The number of carbonyl (C=O) groups excluding carboxylic acids is 1. The number of hydrogen-bond donors (Lipinski definition) is 1. The SMILES string of the molecule is CC(C)N[C@@H](Cc1ccc(C(F)(F)F)cc1)C(=O)C(C)C. The molecule has 1 aromatic rings. The standard InChI is InChI=1S/C16H22F3NO/c1-10(2)15(21)14(20-11(3)4)9-12-5-7-13(8-6-12)16(17,18)19/h5-8,10-11,14,20H,9H2,1-4H3/t14-/m0/s1. The van der Waals surface area contributed by atoms with E-state index in [-0.39, 0.29) is 23.8 Å². The Kier molecular flexibility index (Phi) is 5.96. The van der Waals surface area contributed by atoms with E-state index in [4.69, 9.17) is 0 Å². The molecule has 0 bridgehead atoms. The topological polar surface area (TPSA) is 29.1 Å². The lowest BCUT2D eigenvalue weighted by Gasteiger charge is -2.22. The van der Waals surface area contributed by atoms with Crippen LogP contribution in [-0.4, -0.2) is 17.9 Å². The zero-order chi connectivity index (χ0) is 16.2. The summed E-state index contributed by atoms with van der Waals surface area (Å²) in [7, 11) is 0. The van der Waals surface area contributed by atoms with Crippen LogP contribution in [0.3, 0.4) is 0 Å². The Labute approximate surface area is 123 Å². The van der Waals surface area contributed by atoms with Crippen molar-refractivity contribution in [3.05, 3.63) is 35.4 Å². The number of rotatable bonds is 6. The van der Waals surface area contributed by atoms with Crippen LogP contribution < -0.4 is 5.32 Å². The van der Waals surface area contributed by atoms with E-state index in [1.165, 1.54) is 12.1 Å². The van der Waals surface area contributed by atoms with Gasteiger partial charge >= 0.3 is 6.18 Å². The first-order valence-electron chi connectivity index (χ1n) is 7.07. The van der Waals surface area contributed by atoms with Gasteiger partial charge in [0.05, 0.1) is 11.6 Å². The molecule has 2 nitrogen and oxygen atoms in total. The summed E-state index contributed by atoms with van der Waals surface area (Å²) in [6.07, 6.45) is -3.94. The van der Waals surface area contributed by atoms with Crippen LogP contribution >= 0.6 is 0 Å². The molecule has 0 radical (unpaired) electrons. The van der Waals surface area contributed by atoms with Crippen molar-refractivity contribution >= 4 is 5.78 Å². The molecule has 0 fully saturated rings. The van der Waals surface area contributed by atoms with E-state index in [2.05, 4.69) is 5.32 Å². The average molecular weight is 301 g/mol. The van der Waals surface area contributed by atoms with E-state index in [0.717, 1.165) is 17.7 Å². The molecule has 1 aromatic carbocycles. The number of ketones is 1. The summed E-state index contributed by atoms with van der Waals surface area (Å²) in [5.74, 6) is -0.0423. The van der Waals surface area contributed by atoms with Gasteiger partial charge in [-0.2, -0.15) is 13.2 Å². The van der Waals surface area contributed by atoms with Gasteiger partial charge in [0.1, 0.15) is 0 Å². The maximum Gasteiger partial charge on any atom is 0.416 e. The van der Waals surface area contributed by atoms with Gasteiger partial charge in [-0.05, 0) is 24.1 Å². The fourth-order valence-electron chi connectivity index (χ4n) is 2.11. The van der Waals surface area contributed by atoms with Crippen LogP contribution in [0.25, 0.3) is 0 Å².